The molecule has 47 valence electrons. The first-order valence-electron chi connectivity index (χ1n) is 2.69. The molecule has 1 aromatic rings. The Hall–Kier alpha value is -0.890. The van der Waals surface area contributed by atoms with E-state index in [4.69, 9.17) is 5.73 Å². The van der Waals surface area contributed by atoms with Crippen LogP contribution in [-0.4, -0.2) is 0 Å². The van der Waals surface area contributed by atoms with E-state index in [0.717, 1.165) is 0 Å². The number of rotatable bonds is 1. The predicted octanol–water partition coefficient (Wildman–Crippen LogP) is 1.08. The van der Waals surface area contributed by atoms with E-state index in [1.807, 2.05) is 0 Å². The summed E-state index contributed by atoms with van der Waals surface area (Å²) in [6.45, 7) is 0.239. The summed E-state index contributed by atoms with van der Waals surface area (Å²) in [5.74, 6) is -0.347. The van der Waals surface area contributed by atoms with Crippen LogP contribution in [0.2, 0.25) is 0 Å². The van der Waals surface area contributed by atoms with Crippen molar-refractivity contribution in [2.24, 2.45) is 5.73 Å². The molecule has 1 aromatic carbocycles. The Morgan fingerprint density at radius 2 is 2.44 bits per heavy atom. The maximum absolute atomic E-state index is 12.5. The molecule has 0 fully saturated rings. The summed E-state index contributed by atoms with van der Waals surface area (Å²) in [4.78, 5) is 0. The molecular weight excluding hydrogens is 117 g/mol. The second kappa shape index (κ2) is 2.60. The standard InChI is InChI=1S/C7H7FN/c8-7-4-2-1-3-6(7)5-9/h1-3H,5,9H2. The highest BCUT2D eigenvalue weighted by atomic mass is 19.1. The molecule has 1 radical (unpaired) electrons. The molecule has 1 nitrogen and oxygen atoms in total. The predicted molar refractivity (Wildman–Crippen MR) is 33.1 cm³/mol. The van der Waals surface area contributed by atoms with Crippen LogP contribution in [0.15, 0.2) is 18.2 Å². The highest BCUT2D eigenvalue weighted by Crippen LogP contribution is 2.02. The molecule has 9 heavy (non-hydrogen) atoms. The molecule has 0 aliphatic carbocycles. The first-order chi connectivity index (χ1) is 4.34. The topological polar surface area (TPSA) is 26.0 Å². The average molecular weight is 124 g/mol. The van der Waals surface area contributed by atoms with E-state index >= 15 is 0 Å². The fraction of sp³-hybridized carbons (Fsp3) is 0.143. The summed E-state index contributed by atoms with van der Waals surface area (Å²) >= 11 is 0. The Labute approximate surface area is 53.3 Å². The largest absolute Gasteiger partial charge is 0.326 e. The van der Waals surface area contributed by atoms with E-state index in [0.29, 0.717) is 5.56 Å². The third-order valence-electron chi connectivity index (χ3n) is 1.11. The summed E-state index contributed by atoms with van der Waals surface area (Å²) in [6.07, 6.45) is 0. The van der Waals surface area contributed by atoms with Gasteiger partial charge < -0.3 is 5.73 Å². The van der Waals surface area contributed by atoms with Gasteiger partial charge in [-0.1, -0.05) is 18.2 Å². The first-order valence-corrected chi connectivity index (χ1v) is 2.69. The van der Waals surface area contributed by atoms with E-state index in [9.17, 15) is 4.39 Å². The second-order valence-corrected chi connectivity index (χ2v) is 1.71. The fourth-order valence-corrected chi connectivity index (χ4v) is 0.609. The van der Waals surface area contributed by atoms with Crippen LogP contribution in [-0.2, 0) is 6.54 Å². The minimum Gasteiger partial charge on any atom is -0.326 e. The summed E-state index contributed by atoms with van der Waals surface area (Å²) < 4.78 is 12.5. The lowest BCUT2D eigenvalue weighted by Gasteiger charge is -1.94. The normalized spacial score (nSPS) is 9.56. The van der Waals surface area contributed by atoms with E-state index in [1.54, 1.807) is 12.1 Å². The lowest BCUT2D eigenvalue weighted by molar-refractivity contribution is 0.608. The van der Waals surface area contributed by atoms with Gasteiger partial charge in [-0.2, -0.15) is 0 Å². The Bertz CT molecular complexity index is 198. The molecule has 0 heterocycles. The van der Waals surface area contributed by atoms with Crippen LogP contribution in [0.3, 0.4) is 0 Å². The minimum absolute atomic E-state index is 0.239. The van der Waals surface area contributed by atoms with Crippen molar-refractivity contribution in [2.75, 3.05) is 0 Å². The molecule has 0 unspecified atom stereocenters. The molecule has 0 saturated heterocycles. The van der Waals surface area contributed by atoms with Gasteiger partial charge >= 0.3 is 0 Å². The van der Waals surface area contributed by atoms with Crippen molar-refractivity contribution >= 4 is 0 Å². The van der Waals surface area contributed by atoms with Gasteiger partial charge in [0.15, 0.2) is 0 Å². The van der Waals surface area contributed by atoms with Crippen molar-refractivity contribution in [3.63, 3.8) is 0 Å². The van der Waals surface area contributed by atoms with Gasteiger partial charge in [-0.3, -0.25) is 0 Å². The molecule has 2 heteroatoms. The van der Waals surface area contributed by atoms with Gasteiger partial charge in [-0.05, 0) is 0 Å². The molecule has 0 spiro atoms. The van der Waals surface area contributed by atoms with Gasteiger partial charge in [0.05, 0.1) is 0 Å². The van der Waals surface area contributed by atoms with Crippen LogP contribution in [0.25, 0.3) is 0 Å². The third kappa shape index (κ3) is 1.27. The van der Waals surface area contributed by atoms with Gasteiger partial charge in [0.25, 0.3) is 0 Å². The number of hydrogen-bond acceptors (Lipinski definition) is 1. The second-order valence-electron chi connectivity index (χ2n) is 1.71. The van der Waals surface area contributed by atoms with E-state index in [1.165, 1.54) is 6.07 Å². The summed E-state index contributed by atoms with van der Waals surface area (Å²) in [5.41, 5.74) is 5.70. The van der Waals surface area contributed by atoms with Crippen molar-refractivity contribution in [3.05, 3.63) is 35.6 Å². The quantitative estimate of drug-likeness (QED) is 0.595. The Morgan fingerprint density at radius 3 is 2.89 bits per heavy atom. The molecule has 0 atom stereocenters. The van der Waals surface area contributed by atoms with Gasteiger partial charge in [0, 0.05) is 18.2 Å². The Balaban J connectivity index is 3.01. The van der Waals surface area contributed by atoms with Gasteiger partial charge in [0.2, 0.25) is 0 Å². The molecule has 0 amide bonds. The maximum Gasteiger partial charge on any atom is 0.135 e. The maximum atomic E-state index is 12.5. The average Bonchev–Trinajstić information content (AvgIpc) is 1.89. The highest BCUT2D eigenvalue weighted by molar-refractivity contribution is 5.15. The summed E-state index contributed by atoms with van der Waals surface area (Å²) in [5, 5.41) is 0. The first kappa shape index (κ1) is 6.23. The van der Waals surface area contributed by atoms with Crippen molar-refractivity contribution in [1.82, 2.24) is 0 Å². The molecular formula is C7H7FN. The smallest absolute Gasteiger partial charge is 0.135 e. The summed E-state index contributed by atoms with van der Waals surface area (Å²) in [7, 11) is 0. The van der Waals surface area contributed by atoms with Crippen LogP contribution < -0.4 is 5.73 Å². The zero-order chi connectivity index (χ0) is 6.69. The van der Waals surface area contributed by atoms with E-state index in [-0.39, 0.29) is 12.4 Å². The van der Waals surface area contributed by atoms with Crippen LogP contribution >= 0.6 is 0 Å². The van der Waals surface area contributed by atoms with Crippen LogP contribution in [0.4, 0.5) is 4.39 Å². The molecule has 0 aromatic heterocycles. The molecule has 1 rings (SSSR count). The molecule has 0 saturated carbocycles. The third-order valence-corrected chi connectivity index (χ3v) is 1.11. The zero-order valence-corrected chi connectivity index (χ0v) is 4.89. The highest BCUT2D eigenvalue weighted by Gasteiger charge is 1.94. The molecule has 0 bridgehead atoms. The van der Waals surface area contributed by atoms with Crippen molar-refractivity contribution in [2.45, 2.75) is 6.54 Å². The number of halogens is 1. The molecule has 0 aliphatic rings. The van der Waals surface area contributed by atoms with Crippen LogP contribution in [0.1, 0.15) is 5.56 Å². The fourth-order valence-electron chi connectivity index (χ4n) is 0.609. The molecule has 0 aliphatic heterocycles. The number of hydrogen-bond donors (Lipinski definition) is 1. The van der Waals surface area contributed by atoms with E-state index < -0.39 is 0 Å². The lowest BCUT2D eigenvalue weighted by atomic mass is 10.2. The van der Waals surface area contributed by atoms with Crippen molar-refractivity contribution in [3.8, 4) is 0 Å². The zero-order valence-electron chi connectivity index (χ0n) is 4.89. The van der Waals surface area contributed by atoms with Crippen LogP contribution in [0, 0.1) is 11.9 Å². The van der Waals surface area contributed by atoms with Gasteiger partial charge in [0.1, 0.15) is 5.82 Å². The van der Waals surface area contributed by atoms with Gasteiger partial charge in [-0.25, -0.2) is 4.39 Å². The van der Waals surface area contributed by atoms with Gasteiger partial charge in [-0.15, -0.1) is 0 Å². The molecule has 2 N–H and O–H groups in total. The number of nitrogens with two attached hydrogens (primary N) is 1. The van der Waals surface area contributed by atoms with Crippen LogP contribution in [0.5, 0.6) is 0 Å². The van der Waals surface area contributed by atoms with Crippen molar-refractivity contribution < 1.29 is 4.39 Å². The Kier molecular flexibility index (Phi) is 1.80. The number of benzene rings is 1. The minimum atomic E-state index is -0.347. The Morgan fingerprint density at radius 1 is 1.67 bits per heavy atom. The van der Waals surface area contributed by atoms with E-state index in [2.05, 4.69) is 6.07 Å². The van der Waals surface area contributed by atoms with Crippen molar-refractivity contribution in [1.29, 1.82) is 0 Å². The SMILES string of the molecule is NCc1ccc[c]c1F. The summed E-state index contributed by atoms with van der Waals surface area (Å²) in [6, 6.07) is 7.28. The monoisotopic (exact) mass is 124 g/mol. The lowest BCUT2D eigenvalue weighted by Crippen LogP contribution is -1.98.